The van der Waals surface area contributed by atoms with E-state index in [1.807, 2.05) is 12.4 Å². The third kappa shape index (κ3) is 2.38. The predicted molar refractivity (Wildman–Crippen MR) is 56.2 cm³/mol. The Morgan fingerprint density at radius 1 is 1.60 bits per heavy atom. The maximum atomic E-state index is 8.94. The Bertz CT molecular complexity index is 335. The molecule has 1 aliphatic rings. The minimum absolute atomic E-state index is 0.266. The number of rotatable bonds is 5. The first-order valence-corrected chi connectivity index (χ1v) is 5.16. The lowest BCUT2D eigenvalue weighted by Crippen LogP contribution is -2.48. The van der Waals surface area contributed by atoms with Crippen molar-refractivity contribution in [2.45, 2.75) is 6.42 Å². The number of H-pyrrole nitrogens is 1. The summed E-state index contributed by atoms with van der Waals surface area (Å²) in [6.07, 6.45) is 4.91. The van der Waals surface area contributed by atoms with Gasteiger partial charge in [-0.25, -0.2) is 0 Å². The molecule has 2 rings (SSSR count). The maximum Gasteiger partial charge on any atom is 0.116 e. The number of hydrogen-bond donors (Lipinski definition) is 2. The van der Waals surface area contributed by atoms with Crippen LogP contribution >= 0.6 is 0 Å². The number of nitrogens with zero attached hydrogens (tertiary/aromatic N) is 1. The predicted octanol–water partition coefficient (Wildman–Crippen LogP) is 0.687. The molecule has 80 valence electrons. The third-order valence-corrected chi connectivity index (χ3v) is 2.71. The van der Waals surface area contributed by atoms with Gasteiger partial charge in [-0.05, 0) is 24.6 Å². The van der Waals surface area contributed by atoms with Crippen LogP contribution in [-0.4, -0.2) is 31.3 Å². The lowest BCUT2D eigenvalue weighted by Gasteiger charge is -2.35. The molecule has 0 unspecified atom stereocenters. The zero-order valence-electron chi connectivity index (χ0n) is 8.62. The molecule has 1 aliphatic heterocycles. The summed E-state index contributed by atoms with van der Waals surface area (Å²) in [5.41, 5.74) is 1.02. The van der Waals surface area contributed by atoms with Gasteiger partial charge in [0.15, 0.2) is 0 Å². The van der Waals surface area contributed by atoms with E-state index in [0.29, 0.717) is 13.2 Å². The molecule has 1 aromatic rings. The van der Waals surface area contributed by atoms with Crippen LogP contribution in [0, 0.1) is 16.7 Å². The summed E-state index contributed by atoms with van der Waals surface area (Å²) in [5.74, 6) is 0. The Morgan fingerprint density at radius 3 is 3.00 bits per heavy atom. The van der Waals surface area contributed by atoms with Crippen LogP contribution in [0.1, 0.15) is 5.56 Å². The molecule has 1 fully saturated rings. The highest BCUT2D eigenvalue weighted by atomic mass is 16.5. The molecule has 0 saturated carbocycles. The number of hydrogen-bond acceptors (Lipinski definition) is 3. The van der Waals surface area contributed by atoms with Crippen LogP contribution in [0.25, 0.3) is 0 Å². The van der Waals surface area contributed by atoms with Crippen LogP contribution < -0.4 is 5.32 Å². The van der Waals surface area contributed by atoms with E-state index < -0.39 is 0 Å². The van der Waals surface area contributed by atoms with E-state index >= 15 is 0 Å². The molecule has 0 radical (unpaired) electrons. The van der Waals surface area contributed by atoms with Gasteiger partial charge in [0.1, 0.15) is 5.41 Å². The average Bonchev–Trinajstić information content (AvgIpc) is 2.68. The second-order valence-electron chi connectivity index (χ2n) is 4.03. The summed E-state index contributed by atoms with van der Waals surface area (Å²) in [6.45, 7) is 2.77. The van der Waals surface area contributed by atoms with Gasteiger partial charge < -0.3 is 15.0 Å². The number of aromatic amines is 1. The quantitative estimate of drug-likeness (QED) is 0.695. The molecule has 4 heteroatoms. The molecule has 0 spiro atoms. The molecule has 0 bridgehead atoms. The Balaban J connectivity index is 1.65. The Morgan fingerprint density at radius 2 is 2.47 bits per heavy atom. The van der Waals surface area contributed by atoms with Crippen molar-refractivity contribution in [3.8, 4) is 6.07 Å². The van der Waals surface area contributed by atoms with Gasteiger partial charge in [0, 0.05) is 18.9 Å². The monoisotopic (exact) mass is 205 g/mol. The molecule has 4 nitrogen and oxygen atoms in total. The van der Waals surface area contributed by atoms with E-state index in [-0.39, 0.29) is 5.41 Å². The van der Waals surface area contributed by atoms with Crippen LogP contribution in [-0.2, 0) is 11.2 Å². The zero-order chi connectivity index (χ0) is 10.6. The fourth-order valence-electron chi connectivity index (χ4n) is 1.63. The van der Waals surface area contributed by atoms with Crippen molar-refractivity contribution in [1.82, 2.24) is 10.3 Å². The molecule has 0 atom stereocenters. The summed E-state index contributed by atoms with van der Waals surface area (Å²) < 4.78 is 5.06. The minimum atomic E-state index is -0.266. The second-order valence-corrected chi connectivity index (χ2v) is 4.03. The number of nitriles is 1. The zero-order valence-corrected chi connectivity index (χ0v) is 8.62. The van der Waals surface area contributed by atoms with E-state index in [1.54, 1.807) is 0 Å². The van der Waals surface area contributed by atoms with Gasteiger partial charge in [0.2, 0.25) is 0 Å². The molecule has 1 aromatic heterocycles. The standard InChI is InChI=1S/C11H15N3O/c12-6-11(8-15-9-11)7-14-4-2-10-1-3-13-5-10/h1,3,5,13-14H,2,4,7-9H2. The van der Waals surface area contributed by atoms with Gasteiger partial charge in [-0.15, -0.1) is 0 Å². The molecule has 0 amide bonds. The number of aromatic nitrogens is 1. The summed E-state index contributed by atoms with van der Waals surface area (Å²) >= 11 is 0. The second kappa shape index (κ2) is 4.47. The van der Waals surface area contributed by atoms with E-state index in [2.05, 4.69) is 22.4 Å². The Hall–Kier alpha value is -1.31. The normalized spacial score (nSPS) is 18.1. The summed E-state index contributed by atoms with van der Waals surface area (Å²) in [4.78, 5) is 3.02. The van der Waals surface area contributed by atoms with Crippen molar-refractivity contribution >= 4 is 0 Å². The van der Waals surface area contributed by atoms with Crippen molar-refractivity contribution < 1.29 is 4.74 Å². The fourth-order valence-corrected chi connectivity index (χ4v) is 1.63. The Labute approximate surface area is 89.2 Å². The molecule has 2 N–H and O–H groups in total. The SMILES string of the molecule is N#CC1(CNCCc2cc[nH]c2)COC1. The first kappa shape index (κ1) is 10.2. The number of nitrogens with one attached hydrogen (secondary N) is 2. The molecular formula is C11H15N3O. The Kier molecular flexibility index (Phi) is 3.05. The lowest BCUT2D eigenvalue weighted by atomic mass is 9.88. The van der Waals surface area contributed by atoms with Crippen molar-refractivity contribution in [3.05, 3.63) is 24.0 Å². The first-order valence-electron chi connectivity index (χ1n) is 5.16. The lowest BCUT2D eigenvalue weighted by molar-refractivity contribution is -0.0752. The average molecular weight is 205 g/mol. The van der Waals surface area contributed by atoms with Crippen LogP contribution in [0.4, 0.5) is 0 Å². The summed E-state index contributed by atoms with van der Waals surface area (Å²) in [5, 5.41) is 12.2. The molecular weight excluding hydrogens is 190 g/mol. The highest BCUT2D eigenvalue weighted by Crippen LogP contribution is 2.24. The number of ether oxygens (including phenoxy) is 1. The van der Waals surface area contributed by atoms with E-state index in [1.165, 1.54) is 5.56 Å². The van der Waals surface area contributed by atoms with Gasteiger partial charge in [0.25, 0.3) is 0 Å². The van der Waals surface area contributed by atoms with Crippen molar-refractivity contribution in [2.75, 3.05) is 26.3 Å². The van der Waals surface area contributed by atoms with Crippen LogP contribution in [0.15, 0.2) is 18.5 Å². The first-order chi connectivity index (χ1) is 7.35. The molecule has 0 aromatic carbocycles. The van der Waals surface area contributed by atoms with E-state index in [0.717, 1.165) is 19.5 Å². The van der Waals surface area contributed by atoms with Crippen LogP contribution in [0.2, 0.25) is 0 Å². The largest absolute Gasteiger partial charge is 0.378 e. The van der Waals surface area contributed by atoms with Gasteiger partial charge in [-0.2, -0.15) is 5.26 Å². The van der Waals surface area contributed by atoms with Crippen molar-refractivity contribution in [2.24, 2.45) is 5.41 Å². The molecule has 2 heterocycles. The molecule has 15 heavy (non-hydrogen) atoms. The van der Waals surface area contributed by atoms with Crippen molar-refractivity contribution in [3.63, 3.8) is 0 Å². The fraction of sp³-hybridized carbons (Fsp3) is 0.545. The third-order valence-electron chi connectivity index (χ3n) is 2.71. The van der Waals surface area contributed by atoms with Crippen LogP contribution in [0.5, 0.6) is 0 Å². The van der Waals surface area contributed by atoms with Crippen LogP contribution in [0.3, 0.4) is 0 Å². The molecule has 0 aliphatic carbocycles. The smallest absolute Gasteiger partial charge is 0.116 e. The summed E-state index contributed by atoms with van der Waals surface area (Å²) in [6, 6.07) is 4.38. The highest BCUT2D eigenvalue weighted by Gasteiger charge is 2.38. The van der Waals surface area contributed by atoms with Gasteiger partial charge >= 0.3 is 0 Å². The minimum Gasteiger partial charge on any atom is -0.378 e. The van der Waals surface area contributed by atoms with Crippen molar-refractivity contribution in [1.29, 1.82) is 5.26 Å². The van der Waals surface area contributed by atoms with Gasteiger partial charge in [-0.3, -0.25) is 0 Å². The topological polar surface area (TPSA) is 60.8 Å². The van der Waals surface area contributed by atoms with E-state index in [9.17, 15) is 0 Å². The van der Waals surface area contributed by atoms with E-state index in [4.69, 9.17) is 10.00 Å². The maximum absolute atomic E-state index is 8.94. The molecule has 1 saturated heterocycles. The van der Waals surface area contributed by atoms with Gasteiger partial charge in [0.05, 0.1) is 19.3 Å². The summed E-state index contributed by atoms with van der Waals surface area (Å²) in [7, 11) is 0. The highest BCUT2D eigenvalue weighted by molar-refractivity contribution is 5.09. The van der Waals surface area contributed by atoms with Gasteiger partial charge in [-0.1, -0.05) is 0 Å².